The number of hydrogen-bond acceptors (Lipinski definition) is 5. The van der Waals surface area contributed by atoms with Crippen molar-refractivity contribution >= 4 is 20.0 Å². The molecule has 0 radical (unpaired) electrons. The summed E-state index contributed by atoms with van der Waals surface area (Å²) in [5.41, 5.74) is 0. The summed E-state index contributed by atoms with van der Waals surface area (Å²) in [6.07, 6.45) is 1.39. The average Bonchev–Trinajstić information content (AvgIpc) is 2.47. The lowest BCUT2D eigenvalue weighted by atomic mass is 10.1. The maximum Gasteiger partial charge on any atom is 0.243 e. The van der Waals surface area contributed by atoms with Gasteiger partial charge in [0.15, 0.2) is 0 Å². The van der Waals surface area contributed by atoms with Gasteiger partial charge >= 0.3 is 0 Å². The van der Waals surface area contributed by atoms with E-state index in [-0.39, 0.29) is 22.4 Å². The Kier molecular flexibility index (Phi) is 5.23. The van der Waals surface area contributed by atoms with Gasteiger partial charge in [-0.25, -0.2) is 22.0 Å². The number of nitrogens with two attached hydrogens (primary N) is 1. The zero-order valence-corrected chi connectivity index (χ0v) is 13.9. The maximum absolute atomic E-state index is 12.7. The number of primary sulfonamides is 1. The Labute approximate surface area is 131 Å². The Morgan fingerprint density at radius 1 is 1.27 bits per heavy atom. The lowest BCUT2D eigenvalue weighted by Gasteiger charge is -2.31. The number of sulfonamides is 2. The van der Waals surface area contributed by atoms with Gasteiger partial charge in [0, 0.05) is 19.7 Å². The summed E-state index contributed by atoms with van der Waals surface area (Å²) in [7, 11) is -7.71. The van der Waals surface area contributed by atoms with Crippen LogP contribution in [0.5, 0.6) is 0 Å². The normalized spacial score (nSPS) is 20.9. The number of piperidine rings is 1. The molecule has 1 saturated heterocycles. The summed E-state index contributed by atoms with van der Waals surface area (Å²) in [5, 5.41) is 5.05. The molecule has 2 rings (SSSR count). The molecule has 0 aliphatic carbocycles. The van der Waals surface area contributed by atoms with Crippen molar-refractivity contribution in [1.82, 2.24) is 4.31 Å². The lowest BCUT2D eigenvalue weighted by Crippen LogP contribution is -2.43. The monoisotopic (exact) mass is 348 g/mol. The molecule has 1 unspecified atom stereocenters. The maximum atomic E-state index is 12.7. The van der Waals surface area contributed by atoms with E-state index in [4.69, 9.17) is 9.88 Å². The smallest absolute Gasteiger partial charge is 0.243 e. The molecule has 1 aliphatic heterocycles. The highest BCUT2D eigenvalue weighted by Gasteiger charge is 2.31. The average molecular weight is 348 g/mol. The summed E-state index contributed by atoms with van der Waals surface area (Å²) in [5.74, 6) is 0. The van der Waals surface area contributed by atoms with Crippen molar-refractivity contribution in [2.24, 2.45) is 5.14 Å². The van der Waals surface area contributed by atoms with E-state index < -0.39 is 20.0 Å². The first-order valence-corrected chi connectivity index (χ1v) is 9.98. The summed E-state index contributed by atoms with van der Waals surface area (Å²) in [4.78, 5) is -0.289. The zero-order valence-electron chi connectivity index (χ0n) is 12.3. The molecule has 1 heterocycles. The molecular formula is C13H20N2O5S2. The minimum atomic E-state index is -3.94. The number of ether oxygens (including phenoxy) is 1. The summed E-state index contributed by atoms with van der Waals surface area (Å²) >= 11 is 0. The van der Waals surface area contributed by atoms with Crippen molar-refractivity contribution in [3.8, 4) is 0 Å². The van der Waals surface area contributed by atoms with E-state index in [0.29, 0.717) is 19.6 Å². The SMILES string of the molecule is CCOC1CCCN(S(=O)(=O)c2cccc(S(N)(=O)=O)c2)C1. The van der Waals surface area contributed by atoms with Crippen molar-refractivity contribution in [2.75, 3.05) is 19.7 Å². The van der Waals surface area contributed by atoms with E-state index in [1.54, 1.807) is 0 Å². The van der Waals surface area contributed by atoms with Gasteiger partial charge < -0.3 is 4.74 Å². The van der Waals surface area contributed by atoms with Crippen LogP contribution in [0, 0.1) is 0 Å². The van der Waals surface area contributed by atoms with Gasteiger partial charge in [0.1, 0.15) is 0 Å². The van der Waals surface area contributed by atoms with E-state index in [0.717, 1.165) is 12.5 Å². The molecule has 2 N–H and O–H groups in total. The standard InChI is InChI=1S/C13H20N2O5S2/c1-2-20-11-5-4-8-15(10-11)22(18,19)13-7-3-6-12(9-13)21(14,16)17/h3,6-7,9,11H,2,4-5,8,10H2,1H3,(H2,14,16,17). The van der Waals surface area contributed by atoms with Crippen LogP contribution >= 0.6 is 0 Å². The second-order valence-corrected chi connectivity index (χ2v) is 8.60. The van der Waals surface area contributed by atoms with Gasteiger partial charge in [0.2, 0.25) is 20.0 Å². The van der Waals surface area contributed by atoms with Crippen LogP contribution in [0.15, 0.2) is 34.1 Å². The third kappa shape index (κ3) is 3.85. The van der Waals surface area contributed by atoms with Crippen LogP contribution in [0.3, 0.4) is 0 Å². The second kappa shape index (κ2) is 6.63. The van der Waals surface area contributed by atoms with Crippen molar-refractivity contribution < 1.29 is 21.6 Å². The molecule has 0 saturated carbocycles. The van der Waals surface area contributed by atoms with Gasteiger partial charge in [0.25, 0.3) is 0 Å². The van der Waals surface area contributed by atoms with Crippen molar-refractivity contribution in [3.63, 3.8) is 0 Å². The van der Waals surface area contributed by atoms with Gasteiger partial charge in [-0.05, 0) is 38.0 Å². The van der Waals surface area contributed by atoms with E-state index in [9.17, 15) is 16.8 Å². The molecule has 1 aliphatic rings. The third-order valence-electron chi connectivity index (χ3n) is 3.52. The molecule has 22 heavy (non-hydrogen) atoms. The molecule has 124 valence electrons. The first-order chi connectivity index (χ1) is 10.2. The van der Waals surface area contributed by atoms with Crippen LogP contribution in [0.25, 0.3) is 0 Å². The summed E-state index contributed by atoms with van der Waals surface area (Å²) in [6, 6.07) is 5.10. The molecule has 0 amide bonds. The summed E-state index contributed by atoms with van der Waals surface area (Å²) in [6.45, 7) is 3.06. The van der Waals surface area contributed by atoms with Gasteiger partial charge in [-0.15, -0.1) is 0 Å². The van der Waals surface area contributed by atoms with Gasteiger partial charge in [0.05, 0.1) is 15.9 Å². The molecular weight excluding hydrogens is 328 g/mol. The Hall–Kier alpha value is -1.00. The van der Waals surface area contributed by atoms with E-state index in [1.807, 2.05) is 6.92 Å². The van der Waals surface area contributed by atoms with Crippen LogP contribution in [-0.2, 0) is 24.8 Å². The number of benzene rings is 1. The highest BCUT2D eigenvalue weighted by molar-refractivity contribution is 7.90. The van der Waals surface area contributed by atoms with Crippen LogP contribution in [0.2, 0.25) is 0 Å². The zero-order chi connectivity index (χ0) is 16.4. The Morgan fingerprint density at radius 3 is 2.59 bits per heavy atom. The molecule has 0 spiro atoms. The van der Waals surface area contributed by atoms with Crippen LogP contribution in [0.4, 0.5) is 0 Å². The third-order valence-corrected chi connectivity index (χ3v) is 6.29. The molecule has 7 nitrogen and oxygen atoms in total. The second-order valence-electron chi connectivity index (χ2n) is 5.10. The molecule has 0 aromatic heterocycles. The van der Waals surface area contributed by atoms with E-state index in [1.165, 1.54) is 22.5 Å². The highest BCUT2D eigenvalue weighted by atomic mass is 32.2. The Balaban J connectivity index is 2.30. The van der Waals surface area contributed by atoms with Gasteiger partial charge in [-0.1, -0.05) is 6.07 Å². The molecule has 9 heteroatoms. The fraction of sp³-hybridized carbons (Fsp3) is 0.538. The first-order valence-electron chi connectivity index (χ1n) is 6.99. The fourth-order valence-electron chi connectivity index (χ4n) is 2.46. The number of hydrogen-bond donors (Lipinski definition) is 1. The van der Waals surface area contributed by atoms with Crippen LogP contribution in [-0.4, -0.2) is 46.9 Å². The molecule has 1 atom stereocenters. The molecule has 0 bridgehead atoms. The first kappa shape index (κ1) is 17.4. The summed E-state index contributed by atoms with van der Waals surface area (Å²) < 4.78 is 54.9. The minimum Gasteiger partial charge on any atom is -0.377 e. The van der Waals surface area contributed by atoms with Gasteiger partial charge in [-0.2, -0.15) is 4.31 Å². The van der Waals surface area contributed by atoms with Gasteiger partial charge in [-0.3, -0.25) is 0 Å². The van der Waals surface area contributed by atoms with Crippen molar-refractivity contribution in [2.45, 2.75) is 35.7 Å². The number of rotatable bonds is 5. The van der Waals surface area contributed by atoms with Crippen molar-refractivity contribution in [3.05, 3.63) is 24.3 Å². The number of nitrogens with zero attached hydrogens (tertiary/aromatic N) is 1. The van der Waals surface area contributed by atoms with E-state index >= 15 is 0 Å². The van der Waals surface area contributed by atoms with Crippen LogP contribution < -0.4 is 5.14 Å². The Bertz CT molecular complexity index is 729. The van der Waals surface area contributed by atoms with Crippen molar-refractivity contribution in [1.29, 1.82) is 0 Å². The quantitative estimate of drug-likeness (QED) is 0.835. The predicted molar refractivity (Wildman–Crippen MR) is 81.2 cm³/mol. The Morgan fingerprint density at radius 2 is 1.95 bits per heavy atom. The molecule has 1 aromatic carbocycles. The minimum absolute atomic E-state index is 0.0730. The topological polar surface area (TPSA) is 107 Å². The molecule has 1 aromatic rings. The lowest BCUT2D eigenvalue weighted by molar-refractivity contribution is 0.0265. The highest BCUT2D eigenvalue weighted by Crippen LogP contribution is 2.23. The van der Waals surface area contributed by atoms with E-state index in [2.05, 4.69) is 0 Å². The van der Waals surface area contributed by atoms with Crippen LogP contribution in [0.1, 0.15) is 19.8 Å². The molecule has 1 fully saturated rings. The predicted octanol–water partition coefficient (Wildman–Crippen LogP) is 0.524. The fourth-order valence-corrected chi connectivity index (χ4v) is 4.65. The largest absolute Gasteiger partial charge is 0.377 e.